The number of carbonyl (C=O) groups is 1. The Morgan fingerprint density at radius 2 is 2.12 bits per heavy atom. The summed E-state index contributed by atoms with van der Waals surface area (Å²) in [6.45, 7) is -1.58. The first kappa shape index (κ1) is 18.8. The number of aromatic nitrogens is 3. The zero-order chi connectivity index (χ0) is 18.5. The van der Waals surface area contributed by atoms with Crippen LogP contribution >= 0.6 is 15.9 Å². The minimum atomic E-state index is -2.89. The fourth-order valence-electron chi connectivity index (χ4n) is 3.15. The van der Waals surface area contributed by atoms with E-state index in [0.717, 1.165) is 17.3 Å². The molecule has 0 N–H and O–H groups in total. The van der Waals surface area contributed by atoms with Gasteiger partial charge in [0, 0.05) is 30.2 Å². The molecule has 26 heavy (non-hydrogen) atoms. The monoisotopic (exact) mass is 428 g/mol. The summed E-state index contributed by atoms with van der Waals surface area (Å²) >= 11 is 3.32. The van der Waals surface area contributed by atoms with Crippen molar-refractivity contribution in [2.24, 2.45) is 0 Å². The summed E-state index contributed by atoms with van der Waals surface area (Å²) in [7, 11) is 0. The topological polar surface area (TPSA) is 60.2 Å². The Bertz CT molecular complexity index is 734. The molecule has 2 heterocycles. The number of ether oxygens (including phenoxy) is 1. The summed E-state index contributed by atoms with van der Waals surface area (Å²) in [4.78, 5) is 14.3. The van der Waals surface area contributed by atoms with E-state index >= 15 is 0 Å². The van der Waals surface area contributed by atoms with Gasteiger partial charge in [-0.15, -0.1) is 5.10 Å². The average Bonchev–Trinajstić information content (AvgIpc) is 3.16. The number of nitrogens with zero attached hydrogens (tertiary/aromatic N) is 4. The molecule has 1 saturated heterocycles. The van der Waals surface area contributed by atoms with Crippen molar-refractivity contribution in [3.8, 4) is 5.75 Å². The van der Waals surface area contributed by atoms with Crippen molar-refractivity contribution in [3.63, 3.8) is 0 Å². The zero-order valence-corrected chi connectivity index (χ0v) is 15.6. The maximum atomic E-state index is 12.5. The zero-order valence-electron chi connectivity index (χ0n) is 14.0. The van der Waals surface area contributed by atoms with Crippen molar-refractivity contribution in [2.45, 2.75) is 38.3 Å². The Kier molecular flexibility index (Phi) is 6.18. The molecular formula is C17H19BrF2N4O2. The predicted molar refractivity (Wildman–Crippen MR) is 94.0 cm³/mol. The molecule has 6 nitrogen and oxygen atoms in total. The second-order valence-corrected chi connectivity index (χ2v) is 7.04. The van der Waals surface area contributed by atoms with E-state index in [2.05, 4.69) is 31.0 Å². The molecule has 1 fully saturated rings. The number of amides is 1. The quantitative estimate of drug-likeness (QED) is 0.706. The van der Waals surface area contributed by atoms with Crippen LogP contribution in [0.5, 0.6) is 5.75 Å². The minimum absolute atomic E-state index is 0.0185. The molecule has 1 aliphatic heterocycles. The van der Waals surface area contributed by atoms with Crippen LogP contribution in [0.25, 0.3) is 0 Å². The molecule has 0 aliphatic carbocycles. The third-order valence-corrected chi connectivity index (χ3v) is 4.97. The molecule has 3 rings (SSSR count). The highest BCUT2D eigenvalue weighted by molar-refractivity contribution is 9.10. The molecule has 1 aromatic heterocycles. The normalized spacial score (nSPS) is 15.5. The lowest BCUT2D eigenvalue weighted by molar-refractivity contribution is -0.132. The van der Waals surface area contributed by atoms with Crippen LogP contribution in [0.15, 0.2) is 35.1 Å². The molecule has 0 unspecified atom stereocenters. The second-order valence-electron chi connectivity index (χ2n) is 6.13. The molecule has 0 atom stereocenters. The molecule has 1 aromatic carbocycles. The predicted octanol–water partition coefficient (Wildman–Crippen LogP) is 3.44. The van der Waals surface area contributed by atoms with E-state index in [1.165, 1.54) is 6.07 Å². The van der Waals surface area contributed by atoms with Crippen molar-refractivity contribution in [2.75, 3.05) is 13.1 Å². The summed E-state index contributed by atoms with van der Waals surface area (Å²) in [6.07, 6.45) is 5.74. The van der Waals surface area contributed by atoms with Crippen LogP contribution in [0.2, 0.25) is 0 Å². The third-order valence-electron chi connectivity index (χ3n) is 4.48. The van der Waals surface area contributed by atoms with E-state index < -0.39 is 6.61 Å². The van der Waals surface area contributed by atoms with Gasteiger partial charge in [-0.05, 0) is 43.0 Å². The lowest BCUT2D eigenvalue weighted by Crippen LogP contribution is -2.39. The maximum absolute atomic E-state index is 12.5. The maximum Gasteiger partial charge on any atom is 0.387 e. The number of likely N-dealkylation sites (tertiary alicyclic amines) is 1. The Balaban J connectivity index is 1.54. The van der Waals surface area contributed by atoms with Crippen molar-refractivity contribution >= 4 is 21.8 Å². The van der Waals surface area contributed by atoms with Crippen molar-refractivity contribution in [3.05, 3.63) is 40.6 Å². The average molecular weight is 429 g/mol. The lowest BCUT2D eigenvalue weighted by Gasteiger charge is -2.32. The van der Waals surface area contributed by atoms with Crippen molar-refractivity contribution < 1.29 is 18.3 Å². The highest BCUT2D eigenvalue weighted by atomic mass is 79.9. The lowest BCUT2D eigenvalue weighted by atomic mass is 10.0. The van der Waals surface area contributed by atoms with E-state index in [0.29, 0.717) is 25.1 Å². The number of carbonyl (C=O) groups excluding carboxylic acids is 1. The van der Waals surface area contributed by atoms with Crippen molar-refractivity contribution in [1.82, 2.24) is 19.9 Å². The van der Waals surface area contributed by atoms with E-state index in [4.69, 9.17) is 0 Å². The van der Waals surface area contributed by atoms with E-state index in [1.807, 2.05) is 15.8 Å². The SMILES string of the molecule is O=C(CCc1cc(Br)ccc1OC(F)F)N1CCC(n2ccnn2)CC1. The molecule has 2 aromatic rings. The summed E-state index contributed by atoms with van der Waals surface area (Å²) in [5, 5.41) is 7.82. The molecule has 140 valence electrons. The largest absolute Gasteiger partial charge is 0.435 e. The van der Waals surface area contributed by atoms with E-state index in [-0.39, 0.29) is 24.1 Å². The number of rotatable bonds is 6. The fraction of sp³-hybridized carbons (Fsp3) is 0.471. The number of hydrogen-bond donors (Lipinski definition) is 0. The van der Waals surface area contributed by atoms with Gasteiger partial charge in [-0.1, -0.05) is 21.1 Å². The van der Waals surface area contributed by atoms with Gasteiger partial charge in [0.15, 0.2) is 0 Å². The number of halogens is 3. The number of alkyl halides is 2. The Morgan fingerprint density at radius 3 is 2.77 bits per heavy atom. The van der Waals surface area contributed by atoms with Gasteiger partial charge in [0.1, 0.15) is 5.75 Å². The van der Waals surface area contributed by atoms with Gasteiger partial charge in [-0.3, -0.25) is 4.79 Å². The first-order valence-electron chi connectivity index (χ1n) is 8.39. The van der Waals surface area contributed by atoms with Crippen LogP contribution in [-0.4, -0.2) is 45.5 Å². The van der Waals surface area contributed by atoms with E-state index in [9.17, 15) is 13.6 Å². The smallest absolute Gasteiger partial charge is 0.387 e. The number of aryl methyl sites for hydroxylation is 1. The molecule has 9 heteroatoms. The Hall–Kier alpha value is -2.03. The van der Waals surface area contributed by atoms with Crippen molar-refractivity contribution in [1.29, 1.82) is 0 Å². The van der Waals surface area contributed by atoms with Crippen LogP contribution in [0, 0.1) is 0 Å². The van der Waals surface area contributed by atoms with Crippen LogP contribution < -0.4 is 4.74 Å². The Labute approximate surface area is 158 Å². The first-order chi connectivity index (χ1) is 12.5. The third kappa shape index (κ3) is 4.78. The van der Waals surface area contributed by atoms with Gasteiger partial charge >= 0.3 is 6.61 Å². The molecule has 0 spiro atoms. The van der Waals surface area contributed by atoms with Crippen LogP contribution in [-0.2, 0) is 11.2 Å². The minimum Gasteiger partial charge on any atom is -0.435 e. The highest BCUT2D eigenvalue weighted by Gasteiger charge is 2.24. The van der Waals surface area contributed by atoms with Gasteiger partial charge < -0.3 is 9.64 Å². The summed E-state index contributed by atoms with van der Waals surface area (Å²) < 4.78 is 32.2. The molecule has 0 radical (unpaired) electrons. The van der Waals surface area contributed by atoms with Crippen LogP contribution in [0.1, 0.15) is 30.9 Å². The molecular weight excluding hydrogens is 410 g/mol. The van der Waals surface area contributed by atoms with Gasteiger partial charge in [0.05, 0.1) is 12.2 Å². The standard InChI is InChI=1S/C17H19BrF2N4O2/c18-13-2-3-15(26-17(19)20)12(11-13)1-4-16(25)23-8-5-14(6-9-23)24-10-7-21-22-24/h2-3,7,10-11,14,17H,1,4-6,8-9H2. The Morgan fingerprint density at radius 1 is 1.35 bits per heavy atom. The first-order valence-corrected chi connectivity index (χ1v) is 9.19. The van der Waals surface area contributed by atoms with Gasteiger partial charge in [-0.2, -0.15) is 8.78 Å². The fourth-order valence-corrected chi connectivity index (χ4v) is 3.55. The number of piperidine rings is 1. The highest BCUT2D eigenvalue weighted by Crippen LogP contribution is 2.27. The van der Waals surface area contributed by atoms with Gasteiger partial charge in [0.25, 0.3) is 0 Å². The second kappa shape index (κ2) is 8.57. The van der Waals surface area contributed by atoms with Gasteiger partial charge in [0.2, 0.25) is 5.91 Å². The molecule has 1 amide bonds. The van der Waals surface area contributed by atoms with Gasteiger partial charge in [-0.25, -0.2) is 4.68 Å². The van der Waals surface area contributed by atoms with E-state index in [1.54, 1.807) is 18.3 Å². The number of hydrogen-bond acceptors (Lipinski definition) is 4. The molecule has 0 bridgehead atoms. The summed E-state index contributed by atoms with van der Waals surface area (Å²) in [6, 6.07) is 5.09. The van der Waals surface area contributed by atoms with Crippen LogP contribution in [0.4, 0.5) is 8.78 Å². The summed E-state index contributed by atoms with van der Waals surface area (Å²) in [5.41, 5.74) is 0.588. The molecule has 0 saturated carbocycles. The van der Waals surface area contributed by atoms with Crippen LogP contribution in [0.3, 0.4) is 0 Å². The molecule has 1 aliphatic rings. The number of benzene rings is 1. The summed E-state index contributed by atoms with van der Waals surface area (Å²) in [5.74, 6) is 0.130.